The molecule has 8 nitrogen and oxygen atoms in total. The van der Waals surface area contributed by atoms with Gasteiger partial charge in [-0.2, -0.15) is 0 Å². The van der Waals surface area contributed by atoms with Crippen LogP contribution in [0.4, 0.5) is 22.7 Å². The van der Waals surface area contributed by atoms with Gasteiger partial charge >= 0.3 is 0 Å². The van der Waals surface area contributed by atoms with Crippen molar-refractivity contribution in [2.24, 2.45) is 20.6 Å². The predicted octanol–water partition coefficient (Wildman–Crippen LogP) is 10.1. The van der Waals surface area contributed by atoms with E-state index in [1.54, 1.807) is 30.3 Å². The van der Waals surface area contributed by atoms with E-state index in [9.17, 15) is 10.2 Å². The number of phenols is 2. The van der Waals surface area contributed by atoms with Crippen LogP contribution in [0.5, 0.6) is 11.5 Å². The number of hydrogen-bond donors (Lipinski definition) is 4. The number of rotatable bonds is 8. The number of anilines is 1. The van der Waals surface area contributed by atoms with Crippen molar-refractivity contribution in [2.45, 2.75) is 0 Å². The molecular formula is C36H30N6O2. The minimum atomic E-state index is 0.0406. The number of nitrogens with zero attached hydrogens (tertiary/aromatic N) is 4. The highest BCUT2D eigenvalue weighted by atomic mass is 16.3. The third kappa shape index (κ3) is 8.37. The van der Waals surface area contributed by atoms with Crippen molar-refractivity contribution in [3.05, 3.63) is 158 Å². The molecule has 0 atom stereocenters. The second-order valence-corrected chi connectivity index (χ2v) is 9.47. The molecule has 6 aromatic carbocycles. The molecule has 8 heteroatoms. The summed E-state index contributed by atoms with van der Waals surface area (Å²) in [6, 6.07) is 49.6. The lowest BCUT2D eigenvalue weighted by atomic mass is 10.1. The molecule has 0 radical (unpaired) electrons. The van der Waals surface area contributed by atoms with Crippen LogP contribution in [0.1, 0.15) is 0 Å². The van der Waals surface area contributed by atoms with E-state index < -0.39 is 0 Å². The highest BCUT2D eigenvalue weighted by Gasteiger charge is 2.05. The second-order valence-electron chi connectivity index (χ2n) is 9.47. The van der Waals surface area contributed by atoms with E-state index in [1.165, 1.54) is 17.2 Å². The zero-order chi connectivity index (χ0) is 30.4. The van der Waals surface area contributed by atoms with Gasteiger partial charge in [-0.25, -0.2) is 5.53 Å². The number of phenolic OH excluding ortho intramolecular Hbond substituents is 2. The van der Waals surface area contributed by atoms with Gasteiger partial charge in [0.2, 0.25) is 0 Å². The Labute approximate surface area is 255 Å². The van der Waals surface area contributed by atoms with Gasteiger partial charge in [0.1, 0.15) is 22.9 Å². The van der Waals surface area contributed by atoms with Gasteiger partial charge < -0.3 is 10.2 Å². The van der Waals surface area contributed by atoms with Crippen LogP contribution in [-0.2, 0) is 0 Å². The minimum absolute atomic E-state index is 0.0406. The number of hydrazine groups is 1. The van der Waals surface area contributed by atoms with Gasteiger partial charge in [0.25, 0.3) is 0 Å². The predicted molar refractivity (Wildman–Crippen MR) is 175 cm³/mol. The maximum Gasteiger partial charge on any atom is 0.143 e. The molecule has 0 heterocycles. The fraction of sp³-hybridized carbons (Fsp3) is 0. The van der Waals surface area contributed by atoms with E-state index in [-0.39, 0.29) is 11.5 Å². The fourth-order valence-electron chi connectivity index (χ4n) is 4.11. The lowest BCUT2D eigenvalue weighted by Gasteiger charge is -2.06. The highest BCUT2D eigenvalue weighted by molar-refractivity contribution is 5.70. The molecule has 0 spiro atoms. The van der Waals surface area contributed by atoms with Gasteiger partial charge in [-0.15, -0.1) is 15.3 Å². The molecule has 44 heavy (non-hydrogen) atoms. The molecule has 4 N–H and O–H groups in total. The molecule has 6 rings (SSSR count). The summed E-state index contributed by atoms with van der Waals surface area (Å²) in [5.74, 6) is 0.0869. The Morgan fingerprint density at radius 3 is 1.57 bits per heavy atom. The van der Waals surface area contributed by atoms with E-state index >= 15 is 0 Å². The van der Waals surface area contributed by atoms with Gasteiger partial charge in [-0.3, -0.25) is 5.43 Å². The Balaban J connectivity index is 0.000000175. The summed E-state index contributed by atoms with van der Waals surface area (Å²) in [4.78, 5) is 0. The van der Waals surface area contributed by atoms with E-state index in [4.69, 9.17) is 0 Å². The Kier molecular flexibility index (Phi) is 10.0. The zero-order valence-electron chi connectivity index (χ0n) is 23.7. The number of nitrogens with one attached hydrogen (secondary N) is 2. The summed E-state index contributed by atoms with van der Waals surface area (Å²) in [6.45, 7) is 0. The van der Waals surface area contributed by atoms with Crippen LogP contribution in [0.2, 0.25) is 0 Å². The number of hydrogen-bond acceptors (Lipinski definition) is 7. The first-order valence-corrected chi connectivity index (χ1v) is 13.9. The average molecular weight is 579 g/mol. The number of aromatic hydroxyl groups is 2. The average Bonchev–Trinajstić information content (AvgIpc) is 3.09. The summed E-state index contributed by atoms with van der Waals surface area (Å²) in [6.07, 6.45) is 0. The molecule has 216 valence electrons. The van der Waals surface area contributed by atoms with Crippen molar-refractivity contribution in [2.75, 3.05) is 5.43 Å². The molecule has 0 amide bonds. The van der Waals surface area contributed by atoms with Crippen molar-refractivity contribution in [3.63, 3.8) is 0 Å². The standard InChI is InChI=1S/C18H16N4.C18H14N2O2/c1-3-7-15(8-4-1)16-11-13-18(14-12-16)20-22-21-19-17-9-5-2-6-10-17;21-17-9-5-4-8-15(17)19-20-16-12-14(10-11-18(16)22)13-6-2-1-3-7-13/h1-14H,(H,19,22)(H,20,21);1-12,21-22H. The first-order chi connectivity index (χ1) is 21.7. The smallest absolute Gasteiger partial charge is 0.143 e. The largest absolute Gasteiger partial charge is 0.506 e. The Morgan fingerprint density at radius 2 is 0.909 bits per heavy atom. The minimum Gasteiger partial charge on any atom is -0.506 e. The van der Waals surface area contributed by atoms with Crippen LogP contribution in [0.3, 0.4) is 0 Å². The van der Waals surface area contributed by atoms with Crippen LogP contribution in [-0.4, -0.2) is 10.2 Å². The topological polar surface area (TPSA) is 114 Å². The van der Waals surface area contributed by atoms with Crippen LogP contribution in [0.15, 0.2) is 178 Å². The van der Waals surface area contributed by atoms with E-state index in [0.29, 0.717) is 11.4 Å². The molecule has 6 aromatic rings. The van der Waals surface area contributed by atoms with Gasteiger partial charge in [-0.05, 0) is 70.8 Å². The molecule has 0 fully saturated rings. The van der Waals surface area contributed by atoms with Crippen LogP contribution in [0, 0.1) is 0 Å². The molecular weight excluding hydrogens is 548 g/mol. The van der Waals surface area contributed by atoms with E-state index in [2.05, 4.69) is 55.8 Å². The number of para-hydroxylation sites is 1. The Bertz CT molecular complexity index is 1810. The van der Waals surface area contributed by atoms with Crippen molar-refractivity contribution >= 4 is 22.7 Å². The summed E-state index contributed by atoms with van der Waals surface area (Å²) < 4.78 is 0. The Morgan fingerprint density at radius 1 is 0.409 bits per heavy atom. The molecule has 0 aromatic heterocycles. The SMILES string of the molecule is Oc1ccccc1N=Nc1cc(-c2ccccc2)ccc1O.c1ccc(N=NNNc2ccc(-c3ccccc3)cc2)cc1. The van der Waals surface area contributed by atoms with Crippen molar-refractivity contribution in [1.29, 1.82) is 0 Å². The van der Waals surface area contributed by atoms with Gasteiger partial charge in [0.05, 0.1) is 11.4 Å². The zero-order valence-corrected chi connectivity index (χ0v) is 23.7. The second kappa shape index (κ2) is 15.1. The summed E-state index contributed by atoms with van der Waals surface area (Å²) in [7, 11) is 0. The molecule has 0 aliphatic heterocycles. The maximum atomic E-state index is 9.91. The molecule has 0 unspecified atom stereocenters. The van der Waals surface area contributed by atoms with Crippen molar-refractivity contribution < 1.29 is 10.2 Å². The molecule has 0 saturated heterocycles. The fourth-order valence-corrected chi connectivity index (χ4v) is 4.11. The van der Waals surface area contributed by atoms with Gasteiger partial charge in [0, 0.05) is 0 Å². The lowest BCUT2D eigenvalue weighted by molar-refractivity contribution is 0.474. The summed E-state index contributed by atoms with van der Waals surface area (Å²) >= 11 is 0. The first-order valence-electron chi connectivity index (χ1n) is 13.9. The maximum absolute atomic E-state index is 9.91. The lowest BCUT2D eigenvalue weighted by Crippen LogP contribution is -2.13. The van der Waals surface area contributed by atoms with Crippen LogP contribution >= 0.6 is 0 Å². The monoisotopic (exact) mass is 578 g/mol. The van der Waals surface area contributed by atoms with Gasteiger partial charge in [-0.1, -0.05) is 114 Å². The third-order valence-corrected chi connectivity index (χ3v) is 6.39. The van der Waals surface area contributed by atoms with Gasteiger partial charge in [0.15, 0.2) is 0 Å². The molecule has 0 aliphatic carbocycles. The first kappa shape index (κ1) is 29.2. The van der Waals surface area contributed by atoms with Crippen LogP contribution in [0.25, 0.3) is 22.3 Å². The van der Waals surface area contributed by atoms with E-state index in [1.807, 2.05) is 97.1 Å². The quantitative estimate of drug-likeness (QED) is 0.106. The highest BCUT2D eigenvalue weighted by Crippen LogP contribution is 2.34. The van der Waals surface area contributed by atoms with Crippen molar-refractivity contribution in [3.8, 4) is 33.8 Å². The number of benzene rings is 6. The molecule has 0 bridgehead atoms. The van der Waals surface area contributed by atoms with E-state index in [0.717, 1.165) is 22.5 Å². The molecule has 0 saturated carbocycles. The third-order valence-electron chi connectivity index (χ3n) is 6.39. The summed E-state index contributed by atoms with van der Waals surface area (Å²) in [5, 5.41) is 35.5. The van der Waals surface area contributed by atoms with Crippen LogP contribution < -0.4 is 11.0 Å². The Hall–Kier alpha value is -6.28. The normalized spacial score (nSPS) is 10.7. The van der Waals surface area contributed by atoms with Crippen molar-refractivity contribution in [1.82, 2.24) is 5.53 Å². The molecule has 0 aliphatic rings. The summed E-state index contributed by atoms with van der Waals surface area (Å²) in [5.41, 5.74) is 12.5. The number of azo groups is 1.